The van der Waals surface area contributed by atoms with Crippen LogP contribution in [0.25, 0.3) is 0 Å². The van der Waals surface area contributed by atoms with Crippen LogP contribution in [0, 0.1) is 6.92 Å². The number of aromatic nitrogens is 2. The average Bonchev–Trinajstić information content (AvgIpc) is 3.16. The topological polar surface area (TPSA) is 84.0 Å². The van der Waals surface area contributed by atoms with Crippen molar-refractivity contribution < 1.29 is 9.59 Å². The Morgan fingerprint density at radius 1 is 1.07 bits per heavy atom. The van der Waals surface area contributed by atoms with Crippen LogP contribution in [0.5, 0.6) is 0 Å². The van der Waals surface area contributed by atoms with Gasteiger partial charge in [-0.25, -0.2) is 0 Å². The molecule has 0 radical (unpaired) electrons. The lowest BCUT2D eigenvalue weighted by atomic mass is 10.1. The molecule has 0 aliphatic heterocycles. The van der Waals surface area contributed by atoms with E-state index in [0.717, 1.165) is 16.8 Å². The van der Waals surface area contributed by atoms with Gasteiger partial charge >= 0.3 is 0 Å². The number of carbonyl (C=O) groups excluding carboxylic acids is 2. The van der Waals surface area contributed by atoms with Crippen molar-refractivity contribution in [3.8, 4) is 0 Å². The molecule has 1 unspecified atom stereocenters. The Kier molecular flexibility index (Phi) is 6.49. The minimum Gasteiger partial charge on any atom is -0.350 e. The first-order valence-corrected chi connectivity index (χ1v) is 9.87. The van der Waals surface area contributed by atoms with Gasteiger partial charge in [-0.3, -0.25) is 9.59 Å². The van der Waals surface area contributed by atoms with E-state index in [4.69, 9.17) is 0 Å². The van der Waals surface area contributed by atoms with Gasteiger partial charge in [-0.15, -0.1) is 10.2 Å². The van der Waals surface area contributed by atoms with Crippen LogP contribution in [0.2, 0.25) is 0 Å². The lowest BCUT2D eigenvalue weighted by Gasteiger charge is -2.13. The summed E-state index contributed by atoms with van der Waals surface area (Å²) in [4.78, 5) is 24.5. The van der Waals surface area contributed by atoms with Gasteiger partial charge in [0.15, 0.2) is 0 Å². The molecule has 7 heteroatoms. The van der Waals surface area contributed by atoms with Crippen LogP contribution >= 0.6 is 11.3 Å². The molecule has 2 N–H and O–H groups in total. The van der Waals surface area contributed by atoms with Gasteiger partial charge in [0.1, 0.15) is 5.01 Å². The second kappa shape index (κ2) is 9.23. The number of anilines is 1. The minimum absolute atomic E-state index is 0.0567. The number of nitrogens with zero attached hydrogens (tertiary/aromatic N) is 2. The number of hydrogen-bond donors (Lipinski definition) is 2. The Balaban J connectivity index is 1.50. The molecule has 0 bridgehead atoms. The summed E-state index contributed by atoms with van der Waals surface area (Å²) < 4.78 is 0. The molecule has 6 nitrogen and oxygen atoms in total. The van der Waals surface area contributed by atoms with Gasteiger partial charge in [0.2, 0.25) is 10.9 Å². The predicted octanol–water partition coefficient (Wildman–Crippen LogP) is 3.91. The van der Waals surface area contributed by atoms with Crippen LogP contribution in [0.4, 0.5) is 5.69 Å². The molecule has 3 aromatic rings. The molecule has 144 valence electrons. The predicted molar refractivity (Wildman–Crippen MR) is 110 cm³/mol. The maximum Gasteiger partial charge on any atom is 0.286 e. The van der Waals surface area contributed by atoms with Crippen molar-refractivity contribution in [3.05, 3.63) is 75.7 Å². The van der Waals surface area contributed by atoms with E-state index in [1.807, 2.05) is 68.4 Å². The maximum absolute atomic E-state index is 12.3. The molecular weight excluding hydrogens is 372 g/mol. The molecule has 2 aromatic carbocycles. The molecule has 1 heterocycles. The number of amides is 2. The fourth-order valence-corrected chi connectivity index (χ4v) is 3.45. The molecule has 28 heavy (non-hydrogen) atoms. The van der Waals surface area contributed by atoms with Gasteiger partial charge in [-0.05, 0) is 37.1 Å². The van der Waals surface area contributed by atoms with E-state index in [-0.39, 0.29) is 22.9 Å². The highest BCUT2D eigenvalue weighted by Gasteiger charge is 2.15. The third kappa shape index (κ3) is 5.47. The first-order valence-electron chi connectivity index (χ1n) is 9.06. The molecule has 3 rings (SSSR count). The number of benzene rings is 2. The van der Waals surface area contributed by atoms with Gasteiger partial charge in [-0.1, -0.05) is 53.8 Å². The molecule has 0 saturated heterocycles. The Morgan fingerprint density at radius 2 is 1.86 bits per heavy atom. The van der Waals surface area contributed by atoms with Crippen molar-refractivity contribution in [2.24, 2.45) is 0 Å². The molecule has 0 spiro atoms. The van der Waals surface area contributed by atoms with E-state index in [0.29, 0.717) is 17.8 Å². The number of nitrogens with one attached hydrogen (secondary N) is 2. The normalized spacial score (nSPS) is 11.6. The quantitative estimate of drug-likeness (QED) is 0.636. The third-order valence-electron chi connectivity index (χ3n) is 4.18. The molecule has 0 saturated carbocycles. The monoisotopic (exact) mass is 394 g/mol. The Labute approximate surface area is 168 Å². The zero-order valence-electron chi connectivity index (χ0n) is 15.8. The molecular formula is C21H22N4O2S. The Morgan fingerprint density at radius 3 is 2.61 bits per heavy atom. The van der Waals surface area contributed by atoms with Crippen molar-refractivity contribution in [2.75, 3.05) is 5.32 Å². The van der Waals surface area contributed by atoms with Crippen LogP contribution in [0.15, 0.2) is 54.6 Å². The van der Waals surface area contributed by atoms with Gasteiger partial charge in [0.25, 0.3) is 5.91 Å². The van der Waals surface area contributed by atoms with E-state index >= 15 is 0 Å². The van der Waals surface area contributed by atoms with E-state index < -0.39 is 0 Å². The maximum atomic E-state index is 12.3. The van der Waals surface area contributed by atoms with Gasteiger partial charge in [0.05, 0.1) is 6.04 Å². The largest absolute Gasteiger partial charge is 0.350 e. The van der Waals surface area contributed by atoms with E-state index in [2.05, 4.69) is 20.8 Å². The highest BCUT2D eigenvalue weighted by Crippen LogP contribution is 2.16. The van der Waals surface area contributed by atoms with Crippen LogP contribution in [-0.2, 0) is 11.2 Å². The van der Waals surface area contributed by atoms with Gasteiger partial charge in [0, 0.05) is 18.5 Å². The number of rotatable bonds is 7. The Hall–Kier alpha value is -3.06. The molecule has 1 atom stereocenters. The fraction of sp³-hybridized carbons (Fsp3) is 0.238. The molecule has 0 aliphatic rings. The summed E-state index contributed by atoms with van der Waals surface area (Å²) in [6, 6.07) is 17.3. The van der Waals surface area contributed by atoms with E-state index in [9.17, 15) is 9.59 Å². The lowest BCUT2D eigenvalue weighted by Crippen LogP contribution is -2.26. The average molecular weight is 395 g/mol. The first-order chi connectivity index (χ1) is 13.5. The highest BCUT2D eigenvalue weighted by atomic mass is 32.1. The second-order valence-electron chi connectivity index (χ2n) is 6.52. The van der Waals surface area contributed by atoms with Crippen molar-refractivity contribution in [3.63, 3.8) is 0 Å². The van der Waals surface area contributed by atoms with Crippen LogP contribution in [0.1, 0.15) is 45.3 Å². The molecule has 0 aliphatic carbocycles. The summed E-state index contributed by atoms with van der Waals surface area (Å²) in [6.45, 7) is 3.91. The zero-order valence-corrected chi connectivity index (χ0v) is 16.6. The van der Waals surface area contributed by atoms with Crippen molar-refractivity contribution in [1.82, 2.24) is 15.5 Å². The summed E-state index contributed by atoms with van der Waals surface area (Å²) in [5.41, 5.74) is 2.84. The van der Waals surface area contributed by atoms with Gasteiger partial charge < -0.3 is 10.6 Å². The third-order valence-corrected chi connectivity index (χ3v) is 5.16. The molecule has 1 aromatic heterocycles. The van der Waals surface area contributed by atoms with E-state index in [1.54, 1.807) is 0 Å². The highest BCUT2D eigenvalue weighted by molar-refractivity contribution is 7.13. The summed E-state index contributed by atoms with van der Waals surface area (Å²) in [5.74, 6) is -0.353. The Bertz CT molecular complexity index is 956. The number of aryl methyl sites for hydroxylation is 2. The zero-order chi connectivity index (χ0) is 19.9. The number of carbonyl (C=O) groups is 2. The fourth-order valence-electron chi connectivity index (χ4n) is 2.71. The smallest absolute Gasteiger partial charge is 0.286 e. The van der Waals surface area contributed by atoms with Crippen LogP contribution in [0.3, 0.4) is 0 Å². The standard InChI is InChI=1S/C21H22N4O2S/c1-14-7-6-10-17(13-14)23-20(27)21-25-24-19(28-21)12-11-18(26)22-15(2)16-8-4-3-5-9-16/h3-10,13,15H,11-12H2,1-2H3,(H,22,26)(H,23,27). The summed E-state index contributed by atoms with van der Waals surface area (Å²) in [6.07, 6.45) is 0.744. The lowest BCUT2D eigenvalue weighted by molar-refractivity contribution is -0.121. The summed E-state index contributed by atoms with van der Waals surface area (Å²) in [7, 11) is 0. The van der Waals surface area contributed by atoms with Crippen LogP contribution < -0.4 is 10.6 Å². The second-order valence-corrected chi connectivity index (χ2v) is 7.59. The van der Waals surface area contributed by atoms with Crippen molar-refractivity contribution in [1.29, 1.82) is 0 Å². The first kappa shape index (κ1) is 19.7. The minimum atomic E-state index is -0.295. The molecule has 0 fully saturated rings. The summed E-state index contributed by atoms with van der Waals surface area (Å²) >= 11 is 1.21. The van der Waals surface area contributed by atoms with E-state index in [1.165, 1.54) is 11.3 Å². The SMILES string of the molecule is Cc1cccc(NC(=O)c2nnc(CCC(=O)NC(C)c3ccccc3)s2)c1. The van der Waals surface area contributed by atoms with Crippen molar-refractivity contribution >= 4 is 28.8 Å². The van der Waals surface area contributed by atoms with Crippen molar-refractivity contribution in [2.45, 2.75) is 32.7 Å². The molecule has 2 amide bonds. The summed E-state index contributed by atoms with van der Waals surface area (Å²) in [5, 5.41) is 14.7. The number of hydrogen-bond acceptors (Lipinski definition) is 5. The van der Waals surface area contributed by atoms with Gasteiger partial charge in [-0.2, -0.15) is 0 Å². The van der Waals surface area contributed by atoms with Crippen LogP contribution in [-0.4, -0.2) is 22.0 Å².